The Morgan fingerprint density at radius 2 is 2.00 bits per heavy atom. The maximum atomic E-state index is 11.6. The van der Waals surface area contributed by atoms with Gasteiger partial charge in [0.2, 0.25) is 0 Å². The van der Waals surface area contributed by atoms with Crippen LogP contribution in [0.4, 0.5) is 4.79 Å². The lowest BCUT2D eigenvalue weighted by molar-refractivity contribution is -0.269. The van der Waals surface area contributed by atoms with E-state index in [-0.39, 0.29) is 19.4 Å². The van der Waals surface area contributed by atoms with Gasteiger partial charge in [-0.15, -0.1) is 0 Å². The molecule has 1 aliphatic heterocycles. The molecule has 6 heteroatoms. The average Bonchev–Trinajstić information content (AvgIpc) is 2.38. The number of benzene rings is 1. The minimum Gasteiger partial charge on any atom is -0.530 e. The molecule has 1 atom stereocenters. The minimum atomic E-state index is -1.46. The van der Waals surface area contributed by atoms with Crippen molar-refractivity contribution in [2.24, 2.45) is 0 Å². The number of carbonyl (C=O) groups excluding carboxylic acids is 3. The molecule has 1 fully saturated rings. The summed E-state index contributed by atoms with van der Waals surface area (Å²) in [6.07, 6.45) is -1.31. The first-order valence-corrected chi connectivity index (χ1v) is 5.84. The fraction of sp³-hybridized carbons (Fsp3) is 0.308. The zero-order chi connectivity index (χ0) is 13.8. The molecule has 0 saturated carbocycles. The Morgan fingerprint density at radius 1 is 1.32 bits per heavy atom. The van der Waals surface area contributed by atoms with Crippen LogP contribution < -0.4 is 5.11 Å². The summed E-state index contributed by atoms with van der Waals surface area (Å²) in [7, 11) is 0. The lowest BCUT2D eigenvalue weighted by atomic mass is 10.1. The van der Waals surface area contributed by atoms with Gasteiger partial charge in [-0.3, -0.25) is 4.79 Å². The lowest BCUT2D eigenvalue weighted by Crippen LogP contribution is -2.52. The van der Waals surface area contributed by atoms with Crippen LogP contribution in [0.5, 0.6) is 0 Å². The first-order valence-electron chi connectivity index (χ1n) is 5.84. The van der Waals surface area contributed by atoms with E-state index in [1.54, 1.807) is 30.3 Å². The Bertz CT molecular complexity index is 499. The smallest absolute Gasteiger partial charge is 0.336 e. The highest BCUT2D eigenvalue weighted by atomic mass is 16.6. The van der Waals surface area contributed by atoms with E-state index in [2.05, 4.69) is 4.74 Å². The van der Waals surface area contributed by atoms with Crippen molar-refractivity contribution in [1.82, 2.24) is 4.90 Å². The second-order valence-corrected chi connectivity index (χ2v) is 4.23. The molecule has 1 saturated heterocycles. The highest BCUT2D eigenvalue weighted by Crippen LogP contribution is 2.18. The summed E-state index contributed by atoms with van der Waals surface area (Å²) in [6.45, 7) is 0.0249. The molecule has 0 radical (unpaired) electrons. The Kier molecular flexibility index (Phi) is 3.79. The van der Waals surface area contributed by atoms with E-state index in [0.29, 0.717) is 0 Å². The summed E-state index contributed by atoms with van der Waals surface area (Å²) >= 11 is 0. The molecule has 2 rings (SSSR count). The molecule has 1 unspecified atom stereocenters. The van der Waals surface area contributed by atoms with Gasteiger partial charge in [-0.1, -0.05) is 30.3 Å². The van der Waals surface area contributed by atoms with E-state index in [4.69, 9.17) is 0 Å². The Morgan fingerprint density at radius 3 is 2.58 bits per heavy atom. The molecule has 0 spiro atoms. The van der Waals surface area contributed by atoms with E-state index >= 15 is 0 Å². The first-order chi connectivity index (χ1) is 9.08. The van der Waals surface area contributed by atoms with Gasteiger partial charge in [-0.2, -0.15) is 0 Å². The van der Waals surface area contributed by atoms with Crippen molar-refractivity contribution in [2.75, 3.05) is 0 Å². The quantitative estimate of drug-likeness (QED) is 0.568. The SMILES string of the molecule is O=C1CCC(N(Cc2ccccc2)C(=O)[O-])C(=O)O1. The molecule has 0 aliphatic carbocycles. The number of amides is 1. The third-order valence-electron chi connectivity index (χ3n) is 2.91. The van der Waals surface area contributed by atoms with Gasteiger partial charge in [-0.25, -0.2) is 4.79 Å². The van der Waals surface area contributed by atoms with Crippen LogP contribution in [0.25, 0.3) is 0 Å². The van der Waals surface area contributed by atoms with Crippen molar-refractivity contribution >= 4 is 18.0 Å². The normalized spacial score (nSPS) is 18.8. The third kappa shape index (κ3) is 3.09. The van der Waals surface area contributed by atoms with Crippen molar-refractivity contribution < 1.29 is 24.2 Å². The maximum absolute atomic E-state index is 11.6. The van der Waals surface area contributed by atoms with Crippen molar-refractivity contribution in [2.45, 2.75) is 25.4 Å². The van der Waals surface area contributed by atoms with Gasteiger partial charge < -0.3 is 19.5 Å². The number of ether oxygens (including phenoxy) is 1. The summed E-state index contributed by atoms with van der Waals surface area (Å²) in [5.41, 5.74) is 0.733. The second kappa shape index (κ2) is 5.51. The molecule has 1 aromatic rings. The Hall–Kier alpha value is -2.37. The molecule has 100 valence electrons. The van der Waals surface area contributed by atoms with Gasteiger partial charge in [0.05, 0.1) is 0 Å². The minimum absolute atomic E-state index is 0.0228. The average molecular weight is 262 g/mol. The zero-order valence-electron chi connectivity index (χ0n) is 10.1. The fourth-order valence-electron chi connectivity index (χ4n) is 1.97. The van der Waals surface area contributed by atoms with Gasteiger partial charge in [0.25, 0.3) is 0 Å². The van der Waals surface area contributed by atoms with Crippen molar-refractivity contribution in [3.05, 3.63) is 35.9 Å². The van der Waals surface area contributed by atoms with Crippen LogP contribution in [0.2, 0.25) is 0 Å². The van der Waals surface area contributed by atoms with Gasteiger partial charge >= 0.3 is 11.9 Å². The summed E-state index contributed by atoms with van der Waals surface area (Å²) in [5.74, 6) is -1.46. The molecule has 1 heterocycles. The largest absolute Gasteiger partial charge is 0.530 e. The van der Waals surface area contributed by atoms with Gasteiger partial charge in [-0.05, 0) is 12.0 Å². The summed E-state index contributed by atoms with van der Waals surface area (Å²) in [6, 6.07) is 7.85. The lowest BCUT2D eigenvalue weighted by Gasteiger charge is -2.33. The van der Waals surface area contributed by atoms with Crippen molar-refractivity contribution in [1.29, 1.82) is 0 Å². The summed E-state index contributed by atoms with van der Waals surface area (Å²) < 4.78 is 4.46. The first kappa shape index (κ1) is 13.1. The van der Waals surface area contributed by atoms with Crippen LogP contribution in [-0.4, -0.2) is 29.0 Å². The number of esters is 2. The number of cyclic esters (lactones) is 2. The molecule has 19 heavy (non-hydrogen) atoms. The number of hydrogen-bond acceptors (Lipinski definition) is 5. The summed E-state index contributed by atoms with van der Waals surface area (Å²) in [4.78, 5) is 34.6. The number of carbonyl (C=O) groups is 3. The predicted octanol–water partition coefficient (Wildman–Crippen LogP) is 0.0641. The third-order valence-corrected chi connectivity index (χ3v) is 2.91. The highest BCUT2D eigenvalue weighted by molar-refractivity contribution is 5.92. The fourth-order valence-corrected chi connectivity index (χ4v) is 1.97. The number of rotatable bonds is 3. The van der Waals surface area contributed by atoms with Crippen LogP contribution in [0.1, 0.15) is 18.4 Å². The molecule has 1 aromatic carbocycles. The van der Waals surface area contributed by atoms with Crippen LogP contribution in [0.3, 0.4) is 0 Å². The van der Waals surface area contributed by atoms with Crippen LogP contribution in [-0.2, 0) is 20.9 Å². The van der Waals surface area contributed by atoms with E-state index in [9.17, 15) is 19.5 Å². The molecular weight excluding hydrogens is 250 g/mol. The topological polar surface area (TPSA) is 86.7 Å². The standard InChI is InChI=1S/C13H13NO5/c15-11-7-6-10(12(16)19-11)14(13(17)18)8-9-4-2-1-3-5-9/h1-5,10H,6-8H2,(H,17,18)/p-1. The molecule has 0 N–H and O–H groups in total. The molecule has 1 amide bonds. The molecule has 0 bridgehead atoms. The van der Waals surface area contributed by atoms with Crippen LogP contribution in [0.15, 0.2) is 30.3 Å². The van der Waals surface area contributed by atoms with Gasteiger partial charge in [0.15, 0.2) is 0 Å². The molecule has 0 aromatic heterocycles. The number of carboxylic acid groups (broad SMARTS) is 1. The van der Waals surface area contributed by atoms with Gasteiger partial charge in [0, 0.05) is 13.0 Å². The number of hydrogen-bond donors (Lipinski definition) is 0. The van der Waals surface area contributed by atoms with Crippen LogP contribution in [0, 0.1) is 0 Å². The Labute approximate surface area is 109 Å². The molecule has 1 aliphatic rings. The van der Waals surface area contributed by atoms with Crippen molar-refractivity contribution in [3.63, 3.8) is 0 Å². The van der Waals surface area contributed by atoms with Crippen LogP contribution >= 0.6 is 0 Å². The molecule has 6 nitrogen and oxygen atoms in total. The predicted molar refractivity (Wildman–Crippen MR) is 61.5 cm³/mol. The highest BCUT2D eigenvalue weighted by Gasteiger charge is 2.33. The van der Waals surface area contributed by atoms with Crippen molar-refractivity contribution in [3.8, 4) is 0 Å². The van der Waals surface area contributed by atoms with Gasteiger partial charge in [0.1, 0.15) is 12.1 Å². The number of nitrogens with zero attached hydrogens (tertiary/aromatic N) is 1. The van der Waals surface area contributed by atoms with E-state index in [0.717, 1.165) is 10.5 Å². The summed E-state index contributed by atoms with van der Waals surface area (Å²) in [5, 5.41) is 11.2. The van der Waals surface area contributed by atoms with E-state index < -0.39 is 24.1 Å². The van der Waals surface area contributed by atoms with E-state index in [1.165, 1.54) is 0 Å². The monoisotopic (exact) mass is 262 g/mol. The Balaban J connectivity index is 2.14. The molecular formula is C13H12NO5-. The second-order valence-electron chi connectivity index (χ2n) is 4.23. The van der Waals surface area contributed by atoms with E-state index in [1.807, 2.05) is 0 Å². The maximum Gasteiger partial charge on any atom is 0.336 e. The zero-order valence-corrected chi connectivity index (χ0v) is 10.1.